The van der Waals surface area contributed by atoms with E-state index in [1.165, 1.54) is 6.07 Å². The van der Waals surface area contributed by atoms with Crippen LogP contribution in [0.3, 0.4) is 0 Å². The normalized spacial score (nSPS) is 13.8. The Bertz CT molecular complexity index is 909. The molecule has 0 unspecified atom stereocenters. The van der Waals surface area contributed by atoms with E-state index >= 15 is 0 Å². The van der Waals surface area contributed by atoms with Crippen LogP contribution in [0.15, 0.2) is 47.5 Å². The molecule has 168 valence electrons. The highest BCUT2D eigenvalue weighted by molar-refractivity contribution is 14.0. The quantitative estimate of drug-likeness (QED) is 0.290. The summed E-state index contributed by atoms with van der Waals surface area (Å²) in [5, 5.41) is 6.67. The molecule has 2 aromatic rings. The molecule has 5 nitrogen and oxygen atoms in total. The van der Waals surface area contributed by atoms with Crippen LogP contribution in [0.4, 0.5) is 4.39 Å². The molecule has 1 aliphatic rings. The summed E-state index contributed by atoms with van der Waals surface area (Å²) in [6, 6.07) is 13.1. The Hall–Kier alpha value is -1.81. The van der Waals surface area contributed by atoms with Crippen LogP contribution in [-0.4, -0.2) is 36.6 Å². The number of benzene rings is 2. The van der Waals surface area contributed by atoms with E-state index in [0.717, 1.165) is 41.0 Å². The third-order valence-electron chi connectivity index (χ3n) is 5.24. The Morgan fingerprint density at radius 2 is 1.77 bits per heavy atom. The minimum Gasteiger partial charge on any atom is -0.352 e. The van der Waals surface area contributed by atoms with Gasteiger partial charge >= 0.3 is 0 Å². The first kappa shape index (κ1) is 25.5. The van der Waals surface area contributed by atoms with Crippen molar-refractivity contribution in [3.63, 3.8) is 0 Å². The molecule has 1 amide bonds. The van der Waals surface area contributed by atoms with Gasteiger partial charge in [0.1, 0.15) is 5.82 Å². The Kier molecular flexibility index (Phi) is 10.6. The molecule has 1 fully saturated rings. The van der Waals surface area contributed by atoms with Crippen molar-refractivity contribution in [3.05, 3.63) is 70.5 Å². The van der Waals surface area contributed by atoms with E-state index in [0.29, 0.717) is 32.0 Å². The van der Waals surface area contributed by atoms with Crippen molar-refractivity contribution in [2.24, 2.45) is 4.99 Å². The van der Waals surface area contributed by atoms with E-state index in [1.807, 2.05) is 29.4 Å². The average Bonchev–Trinajstić information content (AvgIpc) is 3.15. The number of aliphatic imine (C=N–C) groups is 1. The van der Waals surface area contributed by atoms with Crippen LogP contribution in [0, 0.1) is 5.82 Å². The minimum atomic E-state index is -0.210. The van der Waals surface area contributed by atoms with Gasteiger partial charge in [0, 0.05) is 45.4 Å². The first-order chi connectivity index (χ1) is 14.6. The van der Waals surface area contributed by atoms with Crippen molar-refractivity contribution in [1.82, 2.24) is 15.5 Å². The van der Waals surface area contributed by atoms with Gasteiger partial charge in [-0.3, -0.25) is 9.79 Å². The fourth-order valence-corrected chi connectivity index (χ4v) is 4.18. The summed E-state index contributed by atoms with van der Waals surface area (Å²) in [6.45, 7) is 2.66. The summed E-state index contributed by atoms with van der Waals surface area (Å²) >= 11 is 1.67. The predicted molar refractivity (Wildman–Crippen MR) is 137 cm³/mol. The highest BCUT2D eigenvalue weighted by Crippen LogP contribution is 2.18. The molecule has 8 heteroatoms. The Morgan fingerprint density at radius 3 is 2.39 bits per heavy atom. The lowest BCUT2D eigenvalue weighted by molar-refractivity contribution is -0.128. The Labute approximate surface area is 205 Å². The van der Waals surface area contributed by atoms with Crippen LogP contribution >= 0.6 is 35.7 Å². The number of carbonyl (C=O) groups is 1. The summed E-state index contributed by atoms with van der Waals surface area (Å²) in [5.74, 6) is 1.47. The number of rotatable bonds is 8. The molecule has 0 aromatic heterocycles. The van der Waals surface area contributed by atoms with E-state index in [1.54, 1.807) is 24.9 Å². The predicted octanol–water partition coefficient (Wildman–Crippen LogP) is 4.29. The summed E-state index contributed by atoms with van der Waals surface area (Å²) in [5.41, 5.74) is 4.34. The SMILES string of the molecule is CN=C(NCc1ccc(F)cc1CSC)NCc1ccccc1CN1CCCC1=O.I. The van der Waals surface area contributed by atoms with Crippen molar-refractivity contribution < 1.29 is 9.18 Å². The fraction of sp³-hybridized carbons (Fsp3) is 0.391. The van der Waals surface area contributed by atoms with Crippen LogP contribution in [-0.2, 0) is 30.2 Å². The smallest absolute Gasteiger partial charge is 0.222 e. The number of guanidine groups is 1. The van der Waals surface area contributed by atoms with E-state index in [-0.39, 0.29) is 35.7 Å². The van der Waals surface area contributed by atoms with Crippen LogP contribution in [0.1, 0.15) is 35.1 Å². The van der Waals surface area contributed by atoms with Crippen molar-refractivity contribution in [1.29, 1.82) is 0 Å². The second-order valence-electron chi connectivity index (χ2n) is 7.31. The summed E-state index contributed by atoms with van der Waals surface area (Å²) in [7, 11) is 1.73. The van der Waals surface area contributed by atoms with Gasteiger partial charge in [0.2, 0.25) is 5.91 Å². The monoisotopic (exact) mass is 556 g/mol. The number of likely N-dealkylation sites (tertiary alicyclic amines) is 1. The van der Waals surface area contributed by atoms with Crippen molar-refractivity contribution in [2.45, 2.75) is 38.2 Å². The van der Waals surface area contributed by atoms with Gasteiger partial charge in [-0.1, -0.05) is 30.3 Å². The fourth-order valence-electron chi connectivity index (χ4n) is 3.60. The van der Waals surface area contributed by atoms with E-state index in [4.69, 9.17) is 0 Å². The molecular weight excluding hydrogens is 526 g/mol. The third-order valence-corrected chi connectivity index (χ3v) is 5.83. The maximum Gasteiger partial charge on any atom is 0.222 e. The minimum absolute atomic E-state index is 0. The van der Waals surface area contributed by atoms with Crippen molar-refractivity contribution >= 4 is 47.6 Å². The van der Waals surface area contributed by atoms with Crippen LogP contribution in [0.2, 0.25) is 0 Å². The number of amides is 1. The molecule has 2 aromatic carbocycles. The number of nitrogens with one attached hydrogen (secondary N) is 2. The lowest BCUT2D eigenvalue weighted by Gasteiger charge is -2.19. The van der Waals surface area contributed by atoms with Crippen LogP contribution < -0.4 is 10.6 Å². The standard InChI is InChI=1S/C23H29FN4OS.HI/c1-25-23(27-14-18-9-10-21(24)12-20(18)16-30-2)26-13-17-6-3-4-7-19(17)15-28-11-5-8-22(28)29;/h3-4,6-7,9-10,12H,5,8,11,13-16H2,1-2H3,(H2,25,26,27);1H. The molecule has 3 rings (SSSR count). The molecule has 0 atom stereocenters. The molecule has 0 radical (unpaired) electrons. The molecule has 0 aliphatic carbocycles. The molecular formula is C23H30FIN4OS. The van der Waals surface area contributed by atoms with Gasteiger partial charge < -0.3 is 15.5 Å². The van der Waals surface area contributed by atoms with Gasteiger partial charge in [-0.05, 0) is 47.1 Å². The number of nitrogens with zero attached hydrogens (tertiary/aromatic N) is 2. The second-order valence-corrected chi connectivity index (χ2v) is 8.18. The second kappa shape index (κ2) is 12.9. The molecule has 31 heavy (non-hydrogen) atoms. The van der Waals surface area contributed by atoms with Crippen LogP contribution in [0.5, 0.6) is 0 Å². The van der Waals surface area contributed by atoms with E-state index in [2.05, 4.69) is 27.8 Å². The Morgan fingerprint density at radius 1 is 1.10 bits per heavy atom. The van der Waals surface area contributed by atoms with E-state index in [9.17, 15) is 9.18 Å². The zero-order valence-corrected chi connectivity index (χ0v) is 21.1. The lowest BCUT2D eigenvalue weighted by Crippen LogP contribution is -2.37. The van der Waals surface area contributed by atoms with Gasteiger partial charge in [-0.25, -0.2) is 4.39 Å². The number of hydrogen-bond donors (Lipinski definition) is 2. The van der Waals surface area contributed by atoms with Gasteiger partial charge in [0.05, 0.1) is 0 Å². The van der Waals surface area contributed by atoms with Crippen molar-refractivity contribution in [2.75, 3.05) is 19.8 Å². The number of hydrogen-bond acceptors (Lipinski definition) is 3. The zero-order chi connectivity index (χ0) is 21.3. The van der Waals surface area contributed by atoms with Gasteiger partial charge in [0.25, 0.3) is 0 Å². The van der Waals surface area contributed by atoms with Gasteiger partial charge in [-0.15, -0.1) is 24.0 Å². The Balaban J connectivity index is 0.00000341. The highest BCUT2D eigenvalue weighted by Gasteiger charge is 2.20. The first-order valence-corrected chi connectivity index (χ1v) is 11.6. The molecule has 1 saturated heterocycles. The molecule has 0 saturated carbocycles. The number of halogens is 2. The largest absolute Gasteiger partial charge is 0.352 e. The molecule has 1 heterocycles. The molecule has 1 aliphatic heterocycles. The molecule has 2 N–H and O–H groups in total. The first-order valence-electron chi connectivity index (χ1n) is 10.2. The van der Waals surface area contributed by atoms with Gasteiger partial charge in [0.15, 0.2) is 5.96 Å². The molecule has 0 bridgehead atoms. The lowest BCUT2D eigenvalue weighted by atomic mass is 10.1. The zero-order valence-electron chi connectivity index (χ0n) is 18.0. The maximum absolute atomic E-state index is 13.6. The maximum atomic E-state index is 13.6. The van der Waals surface area contributed by atoms with Crippen molar-refractivity contribution in [3.8, 4) is 0 Å². The number of thioether (sulfide) groups is 1. The van der Waals surface area contributed by atoms with Crippen LogP contribution in [0.25, 0.3) is 0 Å². The van der Waals surface area contributed by atoms with E-state index < -0.39 is 0 Å². The average molecular weight is 556 g/mol. The summed E-state index contributed by atoms with van der Waals surface area (Å²) in [6.07, 6.45) is 3.60. The summed E-state index contributed by atoms with van der Waals surface area (Å²) in [4.78, 5) is 18.2. The van der Waals surface area contributed by atoms with Gasteiger partial charge in [-0.2, -0.15) is 11.8 Å². The third kappa shape index (κ3) is 7.38. The molecule has 0 spiro atoms. The summed E-state index contributed by atoms with van der Waals surface area (Å²) < 4.78 is 13.6. The number of carbonyl (C=O) groups excluding carboxylic acids is 1. The highest BCUT2D eigenvalue weighted by atomic mass is 127. The topological polar surface area (TPSA) is 56.7 Å².